The lowest BCUT2D eigenvalue weighted by atomic mass is 9.74. The first-order valence-electron chi connectivity index (χ1n) is 15.3. The van der Waals surface area contributed by atoms with Crippen molar-refractivity contribution >= 4 is 23.7 Å². The van der Waals surface area contributed by atoms with Gasteiger partial charge in [0.25, 0.3) is 0 Å². The topological polar surface area (TPSA) is 125 Å². The van der Waals surface area contributed by atoms with Gasteiger partial charge in [0.15, 0.2) is 0 Å². The fourth-order valence-corrected chi connectivity index (χ4v) is 7.49. The smallest absolute Gasteiger partial charge is 0.313 e. The van der Waals surface area contributed by atoms with Gasteiger partial charge in [0, 0.05) is 18.5 Å². The zero-order valence-corrected chi connectivity index (χ0v) is 26.4. The summed E-state index contributed by atoms with van der Waals surface area (Å²) in [6.45, 7) is 16.0. The van der Waals surface area contributed by atoms with Gasteiger partial charge in [0.2, 0.25) is 17.7 Å². The van der Waals surface area contributed by atoms with E-state index >= 15 is 0 Å². The van der Waals surface area contributed by atoms with E-state index in [0.717, 1.165) is 0 Å². The van der Waals surface area contributed by atoms with E-state index in [-0.39, 0.29) is 55.2 Å². The summed E-state index contributed by atoms with van der Waals surface area (Å²) in [5.74, 6) is -3.51. The van der Waals surface area contributed by atoms with Gasteiger partial charge in [-0.2, -0.15) is 0 Å². The molecule has 3 amide bonds. The average molecular weight is 588 g/mol. The second-order valence-electron chi connectivity index (χ2n) is 14.5. The van der Waals surface area contributed by atoms with Crippen molar-refractivity contribution in [2.75, 3.05) is 19.7 Å². The minimum atomic E-state index is -1.37. The van der Waals surface area contributed by atoms with Crippen LogP contribution in [-0.2, 0) is 28.7 Å². The van der Waals surface area contributed by atoms with E-state index in [2.05, 4.69) is 26.1 Å². The number of aliphatic hydroxyl groups is 1. The van der Waals surface area contributed by atoms with Gasteiger partial charge in [0.1, 0.15) is 23.7 Å². The van der Waals surface area contributed by atoms with E-state index < -0.39 is 53.2 Å². The van der Waals surface area contributed by atoms with Gasteiger partial charge < -0.3 is 29.7 Å². The van der Waals surface area contributed by atoms with Crippen molar-refractivity contribution in [1.82, 2.24) is 15.1 Å². The maximum atomic E-state index is 15.0. The number of amides is 3. The zero-order chi connectivity index (χ0) is 31.2. The number of fused-ring (bicyclic) bond motifs is 2. The molecule has 0 aromatic heterocycles. The normalized spacial score (nSPS) is 34.1. The number of nitrogens with zero attached hydrogens (tertiary/aromatic N) is 2. The first-order valence-corrected chi connectivity index (χ1v) is 15.3. The van der Waals surface area contributed by atoms with Crippen molar-refractivity contribution in [2.45, 2.75) is 110 Å². The Morgan fingerprint density at radius 1 is 1.10 bits per heavy atom. The highest BCUT2D eigenvalue weighted by Crippen LogP contribution is 2.56. The van der Waals surface area contributed by atoms with Crippen molar-refractivity contribution in [3.63, 3.8) is 0 Å². The monoisotopic (exact) mass is 587 g/mol. The average Bonchev–Trinajstić information content (AvgIpc) is 3.50. The third-order valence-corrected chi connectivity index (χ3v) is 8.99. The summed E-state index contributed by atoms with van der Waals surface area (Å²) < 4.78 is 12.2. The molecule has 4 aliphatic rings. The number of esters is 1. The first-order chi connectivity index (χ1) is 19.5. The number of cyclic esters (lactones) is 1. The van der Waals surface area contributed by atoms with Crippen LogP contribution in [0.4, 0.5) is 0 Å². The van der Waals surface area contributed by atoms with Gasteiger partial charge in [-0.25, -0.2) is 0 Å². The Balaban J connectivity index is 1.86. The number of hydrogen-bond acceptors (Lipinski definition) is 7. The SMILES string of the molecule is CC(C)[C@H](CO)N1C(=O)[C@H]2[C@@H]3C(=O)O[C@H](C)CNC(=O)CC/C=C\CN(C(C)(C)CC(C)(C)C)C(=O)[C@H]1[C@@]21C=C[C@@H]3O1. The van der Waals surface area contributed by atoms with E-state index in [4.69, 9.17) is 9.47 Å². The number of likely N-dealkylation sites (tertiary alicyclic amines) is 1. The standard InChI is InChI=1S/C32H49N3O7/c1-19(2)21(17-36)35-26-28(39)34(31(7,8)18-30(4,5)6)15-11-9-10-12-23(37)33-16-20(3)41-29(40)24-22-13-14-32(26,42-22)25(24)27(35)38/h9,11,13-14,19-22,24-26,36H,10,12,15-18H2,1-8H3,(H,33,37)/b11-9-/t20-,21+,22+,24-,25-,26+,32-/m1/s1. The van der Waals surface area contributed by atoms with Crippen LogP contribution in [0, 0.1) is 23.2 Å². The second kappa shape index (κ2) is 11.8. The van der Waals surface area contributed by atoms with Crippen LogP contribution in [0.15, 0.2) is 24.3 Å². The van der Waals surface area contributed by atoms with Gasteiger partial charge >= 0.3 is 5.97 Å². The highest BCUT2D eigenvalue weighted by Gasteiger charge is 2.74. The Kier molecular flexibility index (Phi) is 9.01. The van der Waals surface area contributed by atoms with Gasteiger partial charge in [0.05, 0.1) is 31.2 Å². The molecule has 2 saturated heterocycles. The molecule has 1 spiro atoms. The fourth-order valence-electron chi connectivity index (χ4n) is 7.49. The molecule has 4 rings (SSSR count). The molecule has 10 heteroatoms. The molecule has 2 fully saturated rings. The highest BCUT2D eigenvalue weighted by atomic mass is 16.6. The molecule has 0 unspecified atom stereocenters. The summed E-state index contributed by atoms with van der Waals surface area (Å²) in [7, 11) is 0. The highest BCUT2D eigenvalue weighted by molar-refractivity contribution is 5.99. The number of aliphatic hydroxyl groups excluding tert-OH is 1. The van der Waals surface area contributed by atoms with Crippen LogP contribution in [0.3, 0.4) is 0 Å². The van der Waals surface area contributed by atoms with E-state index in [1.165, 1.54) is 4.90 Å². The summed E-state index contributed by atoms with van der Waals surface area (Å²) >= 11 is 0. The zero-order valence-electron chi connectivity index (χ0n) is 26.4. The van der Waals surface area contributed by atoms with Gasteiger partial charge in [-0.1, -0.05) is 58.9 Å². The van der Waals surface area contributed by atoms with Gasteiger partial charge in [-0.05, 0) is 44.9 Å². The van der Waals surface area contributed by atoms with Crippen LogP contribution in [0.1, 0.15) is 74.7 Å². The summed E-state index contributed by atoms with van der Waals surface area (Å²) in [5.41, 5.74) is -2.09. The summed E-state index contributed by atoms with van der Waals surface area (Å²) in [6, 6.07) is -1.72. The predicted molar refractivity (Wildman–Crippen MR) is 157 cm³/mol. The quantitative estimate of drug-likeness (QED) is 0.374. The van der Waals surface area contributed by atoms with Crippen molar-refractivity contribution in [3.8, 4) is 0 Å². The Morgan fingerprint density at radius 2 is 1.79 bits per heavy atom. The molecule has 7 atom stereocenters. The molecule has 0 aromatic rings. The summed E-state index contributed by atoms with van der Waals surface area (Å²) in [5, 5.41) is 13.3. The third-order valence-electron chi connectivity index (χ3n) is 8.99. The Labute approximate surface area is 249 Å². The van der Waals surface area contributed by atoms with Crippen LogP contribution in [0.5, 0.6) is 0 Å². The molecule has 0 aromatic carbocycles. The molecular formula is C32H49N3O7. The van der Waals surface area contributed by atoms with Crippen LogP contribution >= 0.6 is 0 Å². The lowest BCUT2D eigenvalue weighted by Gasteiger charge is -2.46. The number of allylic oxidation sites excluding steroid dienone is 1. The lowest BCUT2D eigenvalue weighted by molar-refractivity contribution is -0.160. The molecule has 42 heavy (non-hydrogen) atoms. The third kappa shape index (κ3) is 5.89. The number of hydrogen-bond donors (Lipinski definition) is 2. The number of rotatable bonds is 5. The van der Waals surface area contributed by atoms with E-state index in [1.807, 2.05) is 39.8 Å². The van der Waals surface area contributed by atoms with Crippen LogP contribution in [-0.4, -0.2) is 93.7 Å². The molecule has 0 saturated carbocycles. The minimum absolute atomic E-state index is 0.107. The maximum absolute atomic E-state index is 15.0. The molecular weight excluding hydrogens is 538 g/mol. The second-order valence-corrected chi connectivity index (χ2v) is 14.5. The van der Waals surface area contributed by atoms with E-state index in [1.54, 1.807) is 24.0 Å². The summed E-state index contributed by atoms with van der Waals surface area (Å²) in [6.07, 6.45) is 7.43. The summed E-state index contributed by atoms with van der Waals surface area (Å²) in [4.78, 5) is 58.6. The van der Waals surface area contributed by atoms with Crippen molar-refractivity contribution in [1.29, 1.82) is 0 Å². The first kappa shape index (κ1) is 32.2. The van der Waals surface area contributed by atoms with Gasteiger partial charge in [-0.15, -0.1) is 0 Å². The molecule has 4 heterocycles. The molecule has 4 aliphatic heterocycles. The largest absolute Gasteiger partial charge is 0.460 e. The van der Waals surface area contributed by atoms with Crippen molar-refractivity contribution in [2.24, 2.45) is 23.2 Å². The molecule has 234 valence electrons. The van der Waals surface area contributed by atoms with Crippen LogP contribution in [0.2, 0.25) is 0 Å². The Hall–Kier alpha value is -2.72. The fraction of sp³-hybridized carbons (Fsp3) is 0.750. The Bertz CT molecular complexity index is 1140. The molecule has 2 N–H and O–H groups in total. The van der Waals surface area contributed by atoms with Crippen molar-refractivity contribution < 1.29 is 33.8 Å². The van der Waals surface area contributed by atoms with Crippen molar-refractivity contribution in [3.05, 3.63) is 24.3 Å². The van der Waals surface area contributed by atoms with E-state index in [0.29, 0.717) is 12.8 Å². The van der Waals surface area contributed by atoms with Crippen LogP contribution in [0.25, 0.3) is 0 Å². The Morgan fingerprint density at radius 3 is 2.40 bits per heavy atom. The number of ether oxygens (including phenoxy) is 2. The minimum Gasteiger partial charge on any atom is -0.460 e. The van der Waals surface area contributed by atoms with Gasteiger partial charge in [-0.3, -0.25) is 19.2 Å². The molecule has 10 nitrogen and oxygen atoms in total. The number of carbonyl (C=O) groups is 4. The molecule has 0 aliphatic carbocycles. The van der Waals surface area contributed by atoms with E-state index in [9.17, 15) is 24.3 Å². The lowest BCUT2D eigenvalue weighted by Crippen LogP contribution is -2.63. The number of nitrogens with one attached hydrogen (secondary N) is 1. The maximum Gasteiger partial charge on any atom is 0.313 e. The van der Waals surface area contributed by atoms with Crippen LogP contribution < -0.4 is 5.32 Å². The molecule has 0 radical (unpaired) electrons. The number of carbonyl (C=O) groups excluding carboxylic acids is 4. The predicted octanol–water partition coefficient (Wildman–Crippen LogP) is 2.60. The molecule has 5 bridgehead atoms.